The van der Waals surface area contributed by atoms with Crippen molar-refractivity contribution in [1.29, 1.82) is 0 Å². The molecule has 3 heterocycles. The van der Waals surface area contributed by atoms with E-state index in [1.54, 1.807) is 43.7 Å². The fourth-order valence-electron chi connectivity index (χ4n) is 5.56. The number of halogens is 1. The van der Waals surface area contributed by atoms with Crippen LogP contribution in [0.1, 0.15) is 44.9 Å². The number of carbonyl (C=O) groups is 2. The maximum atomic E-state index is 13.6. The highest BCUT2D eigenvalue weighted by Crippen LogP contribution is 2.44. The van der Waals surface area contributed by atoms with Crippen LogP contribution in [-0.4, -0.2) is 33.8 Å². The van der Waals surface area contributed by atoms with Gasteiger partial charge in [0.15, 0.2) is 5.82 Å². The fraction of sp³-hybridized carbons (Fsp3) is 0.139. The van der Waals surface area contributed by atoms with Crippen molar-refractivity contribution in [2.75, 3.05) is 7.05 Å². The summed E-state index contributed by atoms with van der Waals surface area (Å²) in [5.41, 5.74) is 5.39. The summed E-state index contributed by atoms with van der Waals surface area (Å²) in [6.45, 7) is 1.97. The van der Waals surface area contributed by atoms with Gasteiger partial charge in [-0.25, -0.2) is 14.4 Å². The Balaban J connectivity index is 1.21. The number of furan rings is 1. The smallest absolute Gasteiger partial charge is 0.255 e. The lowest BCUT2D eigenvalue weighted by Gasteiger charge is -2.17. The molecule has 1 saturated carbocycles. The van der Waals surface area contributed by atoms with Crippen molar-refractivity contribution in [2.24, 2.45) is 0 Å². The summed E-state index contributed by atoms with van der Waals surface area (Å²) in [7, 11) is 1.55. The molecule has 8 nitrogen and oxygen atoms in total. The minimum absolute atomic E-state index is 0.227. The fourth-order valence-corrected chi connectivity index (χ4v) is 5.56. The molecule has 0 spiro atoms. The van der Waals surface area contributed by atoms with Crippen molar-refractivity contribution < 1.29 is 18.4 Å². The second-order valence-electron chi connectivity index (χ2n) is 11.1. The van der Waals surface area contributed by atoms with Crippen LogP contribution in [0.4, 0.5) is 4.39 Å². The summed E-state index contributed by atoms with van der Waals surface area (Å²) in [5, 5.41) is 6.49. The molecular formula is C36H28FN5O3. The van der Waals surface area contributed by atoms with E-state index in [2.05, 4.69) is 20.6 Å². The summed E-state index contributed by atoms with van der Waals surface area (Å²) in [6, 6.07) is 24.4. The SMILES string of the molecule is CNC(=O)c1c(-c2ccc(F)cc2)oc2ccc(-c3cc(C(=O)NC4(c5nccc(-c6ccccn6)n5)CC4)ccc3C)cc12. The Bertz CT molecular complexity index is 2090. The first-order chi connectivity index (χ1) is 21.8. The van der Waals surface area contributed by atoms with Crippen LogP contribution in [0.2, 0.25) is 0 Å². The third-order valence-corrected chi connectivity index (χ3v) is 8.17. The lowest BCUT2D eigenvalue weighted by molar-refractivity contribution is 0.0927. The van der Waals surface area contributed by atoms with Gasteiger partial charge in [0.2, 0.25) is 0 Å². The topological polar surface area (TPSA) is 110 Å². The summed E-state index contributed by atoms with van der Waals surface area (Å²) in [4.78, 5) is 40.3. The largest absolute Gasteiger partial charge is 0.455 e. The average molecular weight is 598 g/mol. The minimum atomic E-state index is -0.637. The van der Waals surface area contributed by atoms with Crippen LogP contribution in [0.3, 0.4) is 0 Å². The Hall–Kier alpha value is -5.70. The van der Waals surface area contributed by atoms with Crippen LogP contribution in [0.25, 0.3) is 44.8 Å². The number of aryl methyl sites for hydroxylation is 1. The van der Waals surface area contributed by atoms with Gasteiger partial charge in [0.25, 0.3) is 11.8 Å². The number of hydrogen-bond donors (Lipinski definition) is 2. The van der Waals surface area contributed by atoms with E-state index in [1.165, 1.54) is 12.1 Å². The first-order valence-corrected chi connectivity index (χ1v) is 14.6. The molecule has 1 aliphatic rings. The van der Waals surface area contributed by atoms with E-state index >= 15 is 0 Å². The summed E-state index contributed by atoms with van der Waals surface area (Å²) < 4.78 is 19.7. The van der Waals surface area contributed by atoms with E-state index < -0.39 is 5.54 Å². The Morgan fingerprint density at radius 1 is 0.844 bits per heavy atom. The van der Waals surface area contributed by atoms with Gasteiger partial charge in [-0.05, 0) is 103 Å². The molecule has 45 heavy (non-hydrogen) atoms. The molecule has 0 aliphatic heterocycles. The normalized spacial score (nSPS) is 13.4. The Morgan fingerprint density at radius 2 is 1.64 bits per heavy atom. The number of fused-ring (bicyclic) bond motifs is 1. The van der Waals surface area contributed by atoms with Gasteiger partial charge >= 0.3 is 0 Å². The molecule has 7 rings (SSSR count). The number of nitrogens with one attached hydrogen (secondary N) is 2. The molecule has 0 saturated heterocycles. The predicted octanol–water partition coefficient (Wildman–Crippen LogP) is 6.85. The highest BCUT2D eigenvalue weighted by molar-refractivity contribution is 6.12. The van der Waals surface area contributed by atoms with E-state index in [0.717, 1.165) is 35.2 Å². The lowest BCUT2D eigenvalue weighted by atomic mass is 9.95. The van der Waals surface area contributed by atoms with Crippen molar-refractivity contribution >= 4 is 22.8 Å². The molecule has 2 amide bonds. The molecule has 6 aromatic rings. The van der Waals surface area contributed by atoms with E-state index in [4.69, 9.17) is 9.40 Å². The van der Waals surface area contributed by atoms with Crippen LogP contribution in [-0.2, 0) is 5.54 Å². The molecule has 0 radical (unpaired) electrons. The number of amides is 2. The van der Waals surface area contributed by atoms with Crippen molar-refractivity contribution in [3.8, 4) is 33.8 Å². The van der Waals surface area contributed by atoms with Crippen molar-refractivity contribution in [1.82, 2.24) is 25.6 Å². The predicted molar refractivity (Wildman–Crippen MR) is 169 cm³/mol. The van der Waals surface area contributed by atoms with E-state index in [9.17, 15) is 14.0 Å². The molecule has 0 unspecified atom stereocenters. The first kappa shape index (κ1) is 28.1. The third kappa shape index (κ3) is 5.22. The van der Waals surface area contributed by atoms with Crippen LogP contribution < -0.4 is 10.6 Å². The molecule has 0 bridgehead atoms. The van der Waals surface area contributed by atoms with Gasteiger partial charge in [-0.3, -0.25) is 14.6 Å². The molecular weight excluding hydrogens is 569 g/mol. The van der Waals surface area contributed by atoms with Crippen molar-refractivity contribution in [3.63, 3.8) is 0 Å². The molecule has 3 aromatic carbocycles. The van der Waals surface area contributed by atoms with Gasteiger partial charge in [-0.15, -0.1) is 0 Å². The van der Waals surface area contributed by atoms with Crippen LogP contribution in [0.15, 0.2) is 102 Å². The minimum Gasteiger partial charge on any atom is -0.455 e. The average Bonchev–Trinajstić information content (AvgIpc) is 3.76. The van der Waals surface area contributed by atoms with Gasteiger partial charge in [0.1, 0.15) is 22.7 Å². The van der Waals surface area contributed by atoms with Crippen LogP contribution in [0.5, 0.6) is 0 Å². The number of aromatic nitrogens is 3. The summed E-state index contributed by atoms with van der Waals surface area (Å²) in [5.74, 6) is -0.00390. The van der Waals surface area contributed by atoms with E-state index in [-0.39, 0.29) is 17.6 Å². The molecule has 3 aromatic heterocycles. The second kappa shape index (κ2) is 11.1. The number of pyridine rings is 1. The third-order valence-electron chi connectivity index (χ3n) is 8.17. The van der Waals surface area contributed by atoms with E-state index in [1.807, 2.05) is 55.5 Å². The monoisotopic (exact) mass is 597 g/mol. The van der Waals surface area contributed by atoms with E-state index in [0.29, 0.717) is 44.9 Å². The summed E-state index contributed by atoms with van der Waals surface area (Å²) >= 11 is 0. The van der Waals surface area contributed by atoms with Gasteiger partial charge in [-0.1, -0.05) is 18.2 Å². The number of rotatable bonds is 7. The first-order valence-electron chi connectivity index (χ1n) is 14.6. The molecule has 0 atom stereocenters. The van der Waals surface area contributed by atoms with Gasteiger partial charge in [-0.2, -0.15) is 0 Å². The highest BCUT2D eigenvalue weighted by atomic mass is 19.1. The number of benzene rings is 3. The Kier molecular flexibility index (Phi) is 6.93. The Morgan fingerprint density at radius 3 is 2.38 bits per heavy atom. The lowest BCUT2D eigenvalue weighted by Crippen LogP contribution is -2.36. The molecule has 222 valence electrons. The Labute approximate surface area is 258 Å². The van der Waals surface area contributed by atoms with Crippen molar-refractivity contribution in [2.45, 2.75) is 25.3 Å². The number of nitrogens with zero attached hydrogens (tertiary/aromatic N) is 3. The molecule has 2 N–H and O–H groups in total. The van der Waals surface area contributed by atoms with Crippen LogP contribution >= 0.6 is 0 Å². The number of hydrogen-bond acceptors (Lipinski definition) is 6. The zero-order valence-electron chi connectivity index (χ0n) is 24.6. The highest BCUT2D eigenvalue weighted by Gasteiger charge is 2.48. The standard InChI is InChI=1S/C36H28FN5O3/c1-21-6-7-24(33(43)42-36(15-16-36)35-40-18-14-29(41-35)28-5-3-4-17-39-28)20-26(21)23-10-13-30-27(19-23)31(34(44)38-2)32(45-30)22-8-11-25(37)12-9-22/h3-14,17-20H,15-16H2,1-2H3,(H,38,44)(H,42,43). The maximum Gasteiger partial charge on any atom is 0.255 e. The van der Waals surface area contributed by atoms with Crippen LogP contribution in [0, 0.1) is 12.7 Å². The van der Waals surface area contributed by atoms with Crippen molar-refractivity contribution in [3.05, 3.63) is 126 Å². The van der Waals surface area contributed by atoms with Gasteiger partial charge in [0, 0.05) is 36.0 Å². The molecule has 1 aliphatic carbocycles. The summed E-state index contributed by atoms with van der Waals surface area (Å²) in [6.07, 6.45) is 4.88. The second-order valence-corrected chi connectivity index (χ2v) is 11.1. The molecule has 1 fully saturated rings. The zero-order valence-corrected chi connectivity index (χ0v) is 24.6. The van der Waals surface area contributed by atoms with Gasteiger partial charge in [0.05, 0.1) is 17.0 Å². The number of carbonyl (C=O) groups excluding carboxylic acids is 2. The maximum absolute atomic E-state index is 13.6. The van der Waals surface area contributed by atoms with Gasteiger partial charge < -0.3 is 15.1 Å². The quantitative estimate of drug-likeness (QED) is 0.208. The zero-order chi connectivity index (χ0) is 31.1. The molecule has 9 heteroatoms.